The normalized spacial score (nSPS) is 12.3. The van der Waals surface area contributed by atoms with Crippen LogP contribution in [0.4, 0.5) is 0 Å². The lowest BCUT2D eigenvalue weighted by Crippen LogP contribution is -1.88. The highest BCUT2D eigenvalue weighted by molar-refractivity contribution is 7.99. The Kier molecular flexibility index (Phi) is 2.97. The van der Waals surface area contributed by atoms with Crippen LogP contribution in [0, 0.1) is 18.3 Å². The summed E-state index contributed by atoms with van der Waals surface area (Å²) in [5, 5.41) is 16.6. The Hall–Kier alpha value is -1.74. The first-order valence-corrected chi connectivity index (χ1v) is 5.53. The minimum atomic E-state index is -0.209. The molecular weight excluding hydrogens is 226 g/mol. The van der Waals surface area contributed by atoms with E-state index in [1.165, 1.54) is 11.8 Å². The molecule has 6 heteroatoms. The summed E-state index contributed by atoms with van der Waals surface area (Å²) in [5.74, 6) is 1.15. The minimum Gasteiger partial charge on any atom is -0.469 e. The lowest BCUT2D eigenvalue weighted by Gasteiger charge is -1.94. The van der Waals surface area contributed by atoms with E-state index in [0.717, 1.165) is 11.3 Å². The van der Waals surface area contributed by atoms with E-state index in [4.69, 9.17) is 14.1 Å². The molecule has 5 nitrogen and oxygen atoms in total. The van der Waals surface area contributed by atoms with Crippen molar-refractivity contribution >= 4 is 11.8 Å². The van der Waals surface area contributed by atoms with Gasteiger partial charge in [-0.2, -0.15) is 5.26 Å². The van der Waals surface area contributed by atoms with E-state index in [0.29, 0.717) is 11.1 Å². The van der Waals surface area contributed by atoms with Crippen LogP contribution in [0.2, 0.25) is 0 Å². The Bertz CT molecular complexity index is 526. The highest BCUT2D eigenvalue weighted by Gasteiger charge is 2.14. The number of nitriles is 1. The Morgan fingerprint density at radius 1 is 1.50 bits per heavy atom. The maximum absolute atomic E-state index is 8.66. The summed E-state index contributed by atoms with van der Waals surface area (Å²) in [7, 11) is 0. The van der Waals surface area contributed by atoms with Gasteiger partial charge in [-0.3, -0.25) is 0 Å². The van der Waals surface area contributed by atoms with Gasteiger partial charge in [-0.05, 0) is 31.7 Å². The van der Waals surface area contributed by atoms with Gasteiger partial charge < -0.3 is 8.83 Å². The molecule has 0 aromatic carbocycles. The fraction of sp³-hybridized carbons (Fsp3) is 0.300. The van der Waals surface area contributed by atoms with E-state index in [2.05, 4.69) is 16.3 Å². The van der Waals surface area contributed by atoms with Gasteiger partial charge >= 0.3 is 0 Å². The molecule has 2 aromatic heterocycles. The molecule has 2 heterocycles. The zero-order valence-electron chi connectivity index (χ0n) is 8.80. The summed E-state index contributed by atoms with van der Waals surface area (Å²) in [6, 6.07) is 3.85. The van der Waals surface area contributed by atoms with Crippen LogP contribution in [0.1, 0.15) is 12.7 Å². The van der Waals surface area contributed by atoms with Crippen LogP contribution in [0.3, 0.4) is 0 Å². The van der Waals surface area contributed by atoms with Crippen molar-refractivity contribution in [3.8, 4) is 17.5 Å². The van der Waals surface area contributed by atoms with Crippen molar-refractivity contribution in [2.45, 2.75) is 24.3 Å². The van der Waals surface area contributed by atoms with Gasteiger partial charge in [-0.25, -0.2) is 0 Å². The highest BCUT2D eigenvalue weighted by Crippen LogP contribution is 2.27. The maximum atomic E-state index is 8.66. The monoisotopic (exact) mass is 235 g/mol. The van der Waals surface area contributed by atoms with E-state index in [1.54, 1.807) is 19.3 Å². The summed E-state index contributed by atoms with van der Waals surface area (Å²) < 4.78 is 10.6. The number of furan rings is 1. The number of thioether (sulfide) groups is 1. The molecule has 82 valence electrons. The molecule has 2 rings (SSSR count). The molecule has 0 spiro atoms. The van der Waals surface area contributed by atoms with Gasteiger partial charge in [0.1, 0.15) is 5.76 Å². The molecule has 0 radical (unpaired) electrons. The van der Waals surface area contributed by atoms with Crippen molar-refractivity contribution in [3.05, 3.63) is 18.1 Å². The smallest absolute Gasteiger partial charge is 0.278 e. The van der Waals surface area contributed by atoms with Crippen molar-refractivity contribution in [2.24, 2.45) is 0 Å². The van der Waals surface area contributed by atoms with Gasteiger partial charge in [0.05, 0.1) is 23.1 Å². The average molecular weight is 235 g/mol. The average Bonchev–Trinajstić information content (AvgIpc) is 2.86. The first kappa shape index (κ1) is 10.8. The second-order valence-electron chi connectivity index (χ2n) is 3.15. The number of rotatable bonds is 3. The largest absolute Gasteiger partial charge is 0.469 e. The van der Waals surface area contributed by atoms with Gasteiger partial charge in [0.15, 0.2) is 0 Å². The maximum Gasteiger partial charge on any atom is 0.278 e. The fourth-order valence-electron chi connectivity index (χ4n) is 1.15. The van der Waals surface area contributed by atoms with Gasteiger partial charge in [0.2, 0.25) is 0 Å². The van der Waals surface area contributed by atoms with Crippen molar-refractivity contribution in [1.29, 1.82) is 5.26 Å². The second-order valence-corrected chi connectivity index (χ2v) is 4.44. The van der Waals surface area contributed by atoms with Crippen molar-refractivity contribution in [2.75, 3.05) is 0 Å². The number of nitrogens with zero attached hydrogens (tertiary/aromatic N) is 3. The molecule has 1 atom stereocenters. The first-order valence-electron chi connectivity index (χ1n) is 4.65. The summed E-state index contributed by atoms with van der Waals surface area (Å²) in [4.78, 5) is 0. The van der Waals surface area contributed by atoms with Gasteiger partial charge in [0.25, 0.3) is 11.1 Å². The van der Waals surface area contributed by atoms with Crippen LogP contribution in [0.5, 0.6) is 0 Å². The molecule has 0 amide bonds. The molecule has 0 aliphatic heterocycles. The standard InChI is InChI=1S/C10H9N3O2S/c1-6(5-11)16-10-13-12-9(15-10)8-3-4-14-7(8)2/h3-4,6H,1-2H3. The molecule has 16 heavy (non-hydrogen) atoms. The Labute approximate surface area is 96.5 Å². The zero-order chi connectivity index (χ0) is 11.5. The molecular formula is C10H9N3O2S. The minimum absolute atomic E-state index is 0.209. The van der Waals surface area contributed by atoms with Crippen molar-refractivity contribution < 1.29 is 8.83 Å². The van der Waals surface area contributed by atoms with E-state index < -0.39 is 0 Å². The predicted octanol–water partition coefficient (Wildman–Crippen LogP) is 2.64. The molecule has 1 unspecified atom stereocenters. The van der Waals surface area contributed by atoms with E-state index in [9.17, 15) is 0 Å². The third-order valence-corrected chi connectivity index (χ3v) is 2.78. The lowest BCUT2D eigenvalue weighted by molar-refractivity contribution is 0.463. The van der Waals surface area contributed by atoms with Crippen LogP contribution < -0.4 is 0 Å². The van der Waals surface area contributed by atoms with E-state index in [1.807, 2.05) is 6.92 Å². The number of hydrogen-bond acceptors (Lipinski definition) is 6. The second kappa shape index (κ2) is 4.41. The van der Waals surface area contributed by atoms with Gasteiger partial charge in [0, 0.05) is 0 Å². The molecule has 0 aliphatic rings. The lowest BCUT2D eigenvalue weighted by atomic mass is 10.3. The Morgan fingerprint density at radius 2 is 2.31 bits per heavy atom. The Morgan fingerprint density at radius 3 is 2.94 bits per heavy atom. The Balaban J connectivity index is 2.21. The molecule has 0 bridgehead atoms. The van der Waals surface area contributed by atoms with Crippen LogP contribution >= 0.6 is 11.8 Å². The summed E-state index contributed by atoms with van der Waals surface area (Å²) in [6.07, 6.45) is 1.57. The van der Waals surface area contributed by atoms with Crippen molar-refractivity contribution in [1.82, 2.24) is 10.2 Å². The number of hydrogen-bond donors (Lipinski definition) is 0. The first-order chi connectivity index (χ1) is 7.70. The third-order valence-electron chi connectivity index (χ3n) is 1.96. The fourth-order valence-corrected chi connectivity index (χ4v) is 1.72. The number of aryl methyl sites for hydroxylation is 1. The van der Waals surface area contributed by atoms with Crippen LogP contribution in [0.15, 0.2) is 26.4 Å². The van der Waals surface area contributed by atoms with Gasteiger partial charge in [-0.1, -0.05) is 0 Å². The number of aromatic nitrogens is 2. The van der Waals surface area contributed by atoms with Crippen LogP contribution in [-0.2, 0) is 0 Å². The molecule has 2 aromatic rings. The van der Waals surface area contributed by atoms with Crippen LogP contribution in [-0.4, -0.2) is 15.4 Å². The molecule has 0 saturated heterocycles. The topological polar surface area (TPSA) is 75.8 Å². The predicted molar refractivity (Wildman–Crippen MR) is 57.7 cm³/mol. The third kappa shape index (κ3) is 2.09. The summed E-state index contributed by atoms with van der Waals surface area (Å²) >= 11 is 1.24. The molecule has 0 aliphatic carbocycles. The molecule has 0 saturated carbocycles. The van der Waals surface area contributed by atoms with Gasteiger partial charge in [-0.15, -0.1) is 10.2 Å². The van der Waals surface area contributed by atoms with Crippen LogP contribution in [0.25, 0.3) is 11.5 Å². The summed E-state index contributed by atoms with van der Waals surface area (Å²) in [6.45, 7) is 3.60. The van der Waals surface area contributed by atoms with E-state index >= 15 is 0 Å². The van der Waals surface area contributed by atoms with E-state index in [-0.39, 0.29) is 5.25 Å². The molecule has 0 fully saturated rings. The zero-order valence-corrected chi connectivity index (χ0v) is 9.61. The quantitative estimate of drug-likeness (QED) is 0.761. The SMILES string of the molecule is Cc1occc1-c1nnc(SC(C)C#N)o1. The van der Waals surface area contributed by atoms with Crippen molar-refractivity contribution in [3.63, 3.8) is 0 Å². The molecule has 0 N–H and O–H groups in total. The summed E-state index contributed by atoms with van der Waals surface area (Å²) in [5.41, 5.74) is 0.781. The highest BCUT2D eigenvalue weighted by atomic mass is 32.2.